The molecule has 0 saturated heterocycles. The van der Waals surface area contributed by atoms with Crippen LogP contribution in [0.3, 0.4) is 0 Å². The van der Waals surface area contributed by atoms with Crippen molar-refractivity contribution in [1.82, 2.24) is 24.7 Å². The number of carbonyl (C=O) groups is 1. The van der Waals surface area contributed by atoms with E-state index in [-0.39, 0.29) is 11.6 Å². The molecular weight excluding hydrogens is 344 g/mol. The van der Waals surface area contributed by atoms with Crippen molar-refractivity contribution in [2.75, 3.05) is 5.32 Å². The Kier molecular flexibility index (Phi) is 4.52. The number of nitrogens with one attached hydrogen (secondary N) is 1. The predicted octanol–water partition coefficient (Wildman–Crippen LogP) is 3.10. The van der Waals surface area contributed by atoms with E-state index in [1.54, 1.807) is 30.3 Å². The van der Waals surface area contributed by atoms with Gasteiger partial charge >= 0.3 is 0 Å². The Morgan fingerprint density at radius 1 is 0.963 bits per heavy atom. The van der Waals surface area contributed by atoms with Crippen LogP contribution in [0.4, 0.5) is 5.69 Å². The zero-order valence-electron chi connectivity index (χ0n) is 14.1. The van der Waals surface area contributed by atoms with E-state index in [9.17, 15) is 4.79 Å². The fourth-order valence-electron chi connectivity index (χ4n) is 2.33. The number of benzene rings is 1. The molecule has 8 heteroatoms. The predicted molar refractivity (Wildman–Crippen MR) is 97.9 cm³/mol. The molecule has 0 spiro atoms. The van der Waals surface area contributed by atoms with Crippen molar-refractivity contribution in [3.05, 3.63) is 85.2 Å². The quantitative estimate of drug-likeness (QED) is 0.589. The summed E-state index contributed by atoms with van der Waals surface area (Å²) in [6.45, 7) is 0. The summed E-state index contributed by atoms with van der Waals surface area (Å²) >= 11 is 0. The number of carbonyl (C=O) groups excluding carboxylic acids is 1. The molecule has 0 bridgehead atoms. The van der Waals surface area contributed by atoms with Crippen LogP contribution in [0, 0.1) is 0 Å². The van der Waals surface area contributed by atoms with Crippen LogP contribution < -0.4 is 10.1 Å². The van der Waals surface area contributed by atoms with Crippen molar-refractivity contribution in [2.45, 2.75) is 0 Å². The van der Waals surface area contributed by atoms with Crippen LogP contribution >= 0.6 is 0 Å². The van der Waals surface area contributed by atoms with Gasteiger partial charge in [0, 0.05) is 36.5 Å². The summed E-state index contributed by atoms with van der Waals surface area (Å²) in [5.41, 5.74) is 0.864. The number of nitrogens with zero attached hydrogens (tertiary/aromatic N) is 5. The fraction of sp³-hybridized carbons (Fsp3) is 0. The van der Waals surface area contributed by atoms with Gasteiger partial charge in [0.25, 0.3) is 5.91 Å². The molecule has 1 aromatic carbocycles. The molecule has 0 fully saturated rings. The maximum Gasteiger partial charge on any atom is 0.275 e. The smallest absolute Gasteiger partial charge is 0.275 e. The maximum atomic E-state index is 12.1. The van der Waals surface area contributed by atoms with Crippen LogP contribution in [0.1, 0.15) is 10.5 Å². The molecule has 4 aromatic rings. The lowest BCUT2D eigenvalue weighted by molar-refractivity contribution is 0.102. The van der Waals surface area contributed by atoms with Gasteiger partial charge in [-0.25, -0.2) is 4.98 Å². The Morgan fingerprint density at radius 2 is 1.78 bits per heavy atom. The van der Waals surface area contributed by atoms with Crippen molar-refractivity contribution in [1.29, 1.82) is 0 Å². The van der Waals surface area contributed by atoms with E-state index in [1.165, 1.54) is 18.6 Å². The molecule has 3 aromatic heterocycles. The van der Waals surface area contributed by atoms with Crippen LogP contribution in [-0.4, -0.2) is 30.6 Å². The van der Waals surface area contributed by atoms with Crippen LogP contribution in [0.25, 0.3) is 5.82 Å². The third-order valence-electron chi connectivity index (χ3n) is 3.63. The van der Waals surface area contributed by atoms with E-state index >= 15 is 0 Å². The summed E-state index contributed by atoms with van der Waals surface area (Å²) in [6.07, 6.45) is 8.16. The molecule has 0 aliphatic heterocycles. The van der Waals surface area contributed by atoms with Gasteiger partial charge in [0.2, 0.25) is 5.88 Å². The third-order valence-corrected chi connectivity index (χ3v) is 3.63. The zero-order chi connectivity index (χ0) is 18.5. The monoisotopic (exact) mass is 358 g/mol. The van der Waals surface area contributed by atoms with Crippen molar-refractivity contribution < 1.29 is 9.53 Å². The Balaban J connectivity index is 1.40. The highest BCUT2D eigenvalue weighted by molar-refractivity contribution is 6.02. The number of amides is 1. The first-order valence-corrected chi connectivity index (χ1v) is 8.10. The van der Waals surface area contributed by atoms with E-state index in [1.807, 2.05) is 35.2 Å². The number of hydrogen-bond acceptors (Lipinski definition) is 6. The molecule has 0 radical (unpaired) electrons. The highest BCUT2D eigenvalue weighted by Gasteiger charge is 2.08. The second-order valence-corrected chi connectivity index (χ2v) is 5.49. The molecule has 3 heterocycles. The topological polar surface area (TPSA) is 94.8 Å². The Morgan fingerprint density at radius 3 is 2.44 bits per heavy atom. The average Bonchev–Trinajstić information content (AvgIpc) is 3.26. The second-order valence-electron chi connectivity index (χ2n) is 5.49. The zero-order valence-corrected chi connectivity index (χ0v) is 14.1. The summed E-state index contributed by atoms with van der Waals surface area (Å²) in [6, 6.07) is 14.3. The first-order chi connectivity index (χ1) is 13.3. The summed E-state index contributed by atoms with van der Waals surface area (Å²) in [5.74, 6) is 1.33. The number of rotatable bonds is 5. The SMILES string of the molecule is O=C(Nc1ccc(Oc2ccc(-n3cccc3)nn2)cc1)c1cnccn1. The standard InChI is InChI=1S/C19H14N6O2/c26-19(16-13-20-9-10-21-16)22-14-3-5-15(6-4-14)27-18-8-7-17(23-24-18)25-11-1-2-12-25/h1-13H,(H,22,26). The van der Waals surface area contributed by atoms with Gasteiger partial charge in [-0.3, -0.25) is 9.78 Å². The van der Waals surface area contributed by atoms with E-state index in [2.05, 4.69) is 25.5 Å². The molecule has 4 rings (SSSR count). The third kappa shape index (κ3) is 3.96. The lowest BCUT2D eigenvalue weighted by Crippen LogP contribution is -2.13. The van der Waals surface area contributed by atoms with Crippen LogP contribution in [0.15, 0.2) is 79.5 Å². The van der Waals surface area contributed by atoms with E-state index in [4.69, 9.17) is 4.74 Å². The van der Waals surface area contributed by atoms with Gasteiger partial charge < -0.3 is 14.6 Å². The van der Waals surface area contributed by atoms with Crippen LogP contribution in [-0.2, 0) is 0 Å². The molecule has 1 N–H and O–H groups in total. The highest BCUT2D eigenvalue weighted by Crippen LogP contribution is 2.21. The normalized spacial score (nSPS) is 10.4. The van der Waals surface area contributed by atoms with Gasteiger partial charge in [0.1, 0.15) is 11.4 Å². The molecular formula is C19H14N6O2. The van der Waals surface area contributed by atoms with Crippen molar-refractivity contribution in [3.8, 4) is 17.4 Å². The molecule has 0 aliphatic carbocycles. The largest absolute Gasteiger partial charge is 0.438 e. The van der Waals surface area contributed by atoms with Crippen molar-refractivity contribution in [2.24, 2.45) is 0 Å². The van der Waals surface area contributed by atoms with Gasteiger partial charge in [-0.1, -0.05) is 0 Å². The minimum atomic E-state index is -0.330. The number of hydrogen-bond donors (Lipinski definition) is 1. The second kappa shape index (κ2) is 7.44. The number of anilines is 1. The van der Waals surface area contributed by atoms with Gasteiger partial charge in [-0.05, 0) is 42.5 Å². The average molecular weight is 358 g/mol. The van der Waals surface area contributed by atoms with E-state index in [0.29, 0.717) is 23.1 Å². The highest BCUT2D eigenvalue weighted by atomic mass is 16.5. The molecule has 0 aliphatic rings. The summed E-state index contributed by atoms with van der Waals surface area (Å²) in [7, 11) is 0. The number of aromatic nitrogens is 5. The van der Waals surface area contributed by atoms with Gasteiger partial charge in [-0.2, -0.15) is 0 Å². The van der Waals surface area contributed by atoms with Crippen molar-refractivity contribution >= 4 is 11.6 Å². The molecule has 0 atom stereocenters. The van der Waals surface area contributed by atoms with Gasteiger partial charge in [0.05, 0.1) is 6.20 Å². The number of ether oxygens (including phenoxy) is 1. The first-order valence-electron chi connectivity index (χ1n) is 8.10. The molecule has 8 nitrogen and oxygen atoms in total. The maximum absolute atomic E-state index is 12.1. The Labute approximate surface area is 154 Å². The lowest BCUT2D eigenvalue weighted by atomic mass is 10.3. The minimum Gasteiger partial charge on any atom is -0.438 e. The van der Waals surface area contributed by atoms with Crippen LogP contribution in [0.5, 0.6) is 11.6 Å². The van der Waals surface area contributed by atoms with E-state index in [0.717, 1.165) is 0 Å². The van der Waals surface area contributed by atoms with Gasteiger partial charge in [-0.15, -0.1) is 10.2 Å². The van der Waals surface area contributed by atoms with Gasteiger partial charge in [0.15, 0.2) is 5.82 Å². The molecule has 1 amide bonds. The summed E-state index contributed by atoms with van der Waals surface area (Å²) in [5, 5.41) is 10.9. The fourth-order valence-corrected chi connectivity index (χ4v) is 2.33. The molecule has 132 valence electrons. The van der Waals surface area contributed by atoms with Crippen molar-refractivity contribution in [3.63, 3.8) is 0 Å². The minimum absolute atomic E-state index is 0.246. The Bertz CT molecular complexity index is 1020. The Hall–Kier alpha value is -4.07. The summed E-state index contributed by atoms with van der Waals surface area (Å²) < 4.78 is 7.53. The lowest BCUT2D eigenvalue weighted by Gasteiger charge is -2.07. The molecule has 0 saturated carbocycles. The molecule has 27 heavy (non-hydrogen) atoms. The van der Waals surface area contributed by atoms with E-state index < -0.39 is 0 Å². The van der Waals surface area contributed by atoms with Crippen LogP contribution in [0.2, 0.25) is 0 Å². The first kappa shape index (κ1) is 16.4. The molecule has 0 unspecified atom stereocenters. The summed E-state index contributed by atoms with van der Waals surface area (Å²) in [4.78, 5) is 19.9.